The lowest BCUT2D eigenvalue weighted by atomic mass is 9.67. The van der Waals surface area contributed by atoms with Gasteiger partial charge in [-0.05, 0) is 53.7 Å². The van der Waals surface area contributed by atoms with Crippen LogP contribution in [0.25, 0.3) is 0 Å². The zero-order valence-electron chi connectivity index (χ0n) is 11.8. The Balaban J connectivity index is 1.71. The summed E-state index contributed by atoms with van der Waals surface area (Å²) in [6.07, 6.45) is 5.32. The number of carbonyl (C=O) groups is 1. The molecule has 0 bridgehead atoms. The number of hydrogen-bond acceptors (Lipinski definition) is 4. The predicted molar refractivity (Wildman–Crippen MR) is 87.4 cm³/mol. The first kappa shape index (κ1) is 15.5. The van der Waals surface area contributed by atoms with Crippen LogP contribution in [0.4, 0.5) is 0 Å². The topological polar surface area (TPSA) is 63.2 Å². The van der Waals surface area contributed by atoms with Gasteiger partial charge in [0.2, 0.25) is 5.91 Å². The van der Waals surface area contributed by atoms with E-state index in [9.17, 15) is 13.2 Å². The normalized spacial score (nSPS) is 22.4. The Morgan fingerprint density at radius 1 is 1.33 bits per heavy atom. The third-order valence-corrected chi connectivity index (χ3v) is 8.70. The molecule has 2 aliphatic carbocycles. The van der Waals surface area contributed by atoms with Crippen LogP contribution in [0.2, 0.25) is 0 Å². The van der Waals surface area contributed by atoms with Gasteiger partial charge in [-0.3, -0.25) is 4.79 Å². The van der Waals surface area contributed by atoms with Gasteiger partial charge >= 0.3 is 0 Å². The molecule has 4 nitrogen and oxygen atoms in total. The smallest absolute Gasteiger partial charge is 0.241 e. The molecular formula is C14H18BrNO3S2. The fraction of sp³-hybridized carbons (Fsp3) is 0.643. The van der Waals surface area contributed by atoms with E-state index >= 15 is 0 Å². The van der Waals surface area contributed by atoms with E-state index in [0.29, 0.717) is 19.4 Å². The van der Waals surface area contributed by atoms with E-state index in [1.807, 2.05) is 6.07 Å². The van der Waals surface area contributed by atoms with Gasteiger partial charge in [0.15, 0.2) is 14.6 Å². The first-order chi connectivity index (χ1) is 9.79. The summed E-state index contributed by atoms with van der Waals surface area (Å²) in [5, 5.41) is 2.92. The molecule has 0 unspecified atom stereocenters. The minimum Gasteiger partial charge on any atom is -0.354 e. The van der Waals surface area contributed by atoms with Crippen LogP contribution in [0.5, 0.6) is 0 Å². The van der Waals surface area contributed by atoms with Crippen LogP contribution >= 0.6 is 27.3 Å². The molecular weight excluding hydrogens is 374 g/mol. The third-order valence-electron chi connectivity index (χ3n) is 4.82. The van der Waals surface area contributed by atoms with Crippen molar-refractivity contribution in [1.82, 2.24) is 5.32 Å². The van der Waals surface area contributed by atoms with E-state index in [-0.39, 0.29) is 11.3 Å². The van der Waals surface area contributed by atoms with Gasteiger partial charge in [0.1, 0.15) is 0 Å². The summed E-state index contributed by atoms with van der Waals surface area (Å²) in [6.45, 7) is 0.538. The van der Waals surface area contributed by atoms with E-state index in [0.717, 1.165) is 29.3 Å². The summed E-state index contributed by atoms with van der Waals surface area (Å²) in [7, 11) is -3.32. The van der Waals surface area contributed by atoms with Crippen molar-refractivity contribution in [3.05, 3.63) is 20.8 Å². The van der Waals surface area contributed by atoms with Gasteiger partial charge in [-0.25, -0.2) is 8.42 Å². The zero-order valence-corrected chi connectivity index (χ0v) is 15.0. The lowest BCUT2D eigenvalue weighted by molar-refractivity contribution is -0.121. The molecule has 0 aliphatic heterocycles. The van der Waals surface area contributed by atoms with E-state index in [2.05, 4.69) is 27.3 Å². The molecule has 1 N–H and O–H groups in total. The van der Waals surface area contributed by atoms with Crippen molar-refractivity contribution in [3.63, 3.8) is 0 Å². The molecule has 7 heteroatoms. The molecule has 1 aromatic rings. The maximum atomic E-state index is 12.3. The molecule has 0 atom stereocenters. The maximum absolute atomic E-state index is 12.3. The molecule has 2 fully saturated rings. The Hall–Kier alpha value is -0.400. The van der Waals surface area contributed by atoms with Crippen LogP contribution in [0.15, 0.2) is 15.9 Å². The van der Waals surface area contributed by atoms with Crippen molar-refractivity contribution >= 4 is 43.0 Å². The summed E-state index contributed by atoms with van der Waals surface area (Å²) in [6, 6.07) is 4.13. The standard InChI is InChI=1S/C14H18BrNO3S2/c1-21(18,19)14(7-8-14)12(17)16-9-13(5-2-6-13)10-3-4-11(15)20-10/h3-4H,2,5-9H2,1H3,(H,16,17). The van der Waals surface area contributed by atoms with Gasteiger partial charge in [-0.1, -0.05) is 6.42 Å². The minimum atomic E-state index is -3.32. The van der Waals surface area contributed by atoms with Gasteiger partial charge in [-0.15, -0.1) is 11.3 Å². The summed E-state index contributed by atoms with van der Waals surface area (Å²) in [5.74, 6) is -0.313. The first-order valence-electron chi connectivity index (χ1n) is 7.03. The molecule has 0 aromatic carbocycles. The second-order valence-electron chi connectivity index (χ2n) is 6.19. The Morgan fingerprint density at radius 2 is 2.00 bits per heavy atom. The molecule has 0 spiro atoms. The lowest BCUT2D eigenvalue weighted by Crippen LogP contribution is -2.49. The second-order valence-corrected chi connectivity index (χ2v) is 11.0. The van der Waals surface area contributed by atoms with Gasteiger partial charge in [-0.2, -0.15) is 0 Å². The monoisotopic (exact) mass is 391 g/mol. The molecule has 3 rings (SSSR count). The molecule has 0 radical (unpaired) electrons. The zero-order chi connectivity index (χ0) is 15.3. The summed E-state index contributed by atoms with van der Waals surface area (Å²) in [4.78, 5) is 13.6. The fourth-order valence-corrected chi connectivity index (χ4v) is 5.89. The summed E-state index contributed by atoms with van der Waals surface area (Å²) < 4.78 is 23.5. The third kappa shape index (κ3) is 2.57. The largest absolute Gasteiger partial charge is 0.354 e. The van der Waals surface area contributed by atoms with Gasteiger partial charge in [0.25, 0.3) is 0 Å². The highest BCUT2D eigenvalue weighted by Gasteiger charge is 2.59. The minimum absolute atomic E-state index is 0.0000694. The molecule has 1 heterocycles. The maximum Gasteiger partial charge on any atom is 0.241 e. The van der Waals surface area contributed by atoms with Gasteiger partial charge < -0.3 is 5.32 Å². The van der Waals surface area contributed by atoms with E-state index < -0.39 is 14.6 Å². The molecule has 116 valence electrons. The molecule has 0 saturated heterocycles. The lowest BCUT2D eigenvalue weighted by Gasteiger charge is -2.41. The number of halogens is 1. The first-order valence-corrected chi connectivity index (χ1v) is 10.5. The Kier molecular flexibility index (Phi) is 3.73. The Labute approximate surface area is 137 Å². The average molecular weight is 392 g/mol. The van der Waals surface area contributed by atoms with Gasteiger partial charge in [0, 0.05) is 23.1 Å². The SMILES string of the molecule is CS(=O)(=O)C1(C(=O)NCC2(c3ccc(Br)s3)CCC2)CC1. The van der Waals surface area contributed by atoms with Gasteiger partial charge in [0.05, 0.1) is 3.79 Å². The van der Waals surface area contributed by atoms with E-state index in [1.165, 1.54) is 4.88 Å². The number of carbonyl (C=O) groups excluding carboxylic acids is 1. The number of rotatable bonds is 5. The van der Waals surface area contributed by atoms with Crippen LogP contribution in [0, 0.1) is 0 Å². The van der Waals surface area contributed by atoms with Crippen LogP contribution < -0.4 is 5.32 Å². The highest BCUT2D eigenvalue weighted by molar-refractivity contribution is 9.11. The number of amides is 1. The summed E-state index contributed by atoms with van der Waals surface area (Å²) in [5.41, 5.74) is -0.0000694. The highest BCUT2D eigenvalue weighted by atomic mass is 79.9. The molecule has 21 heavy (non-hydrogen) atoms. The van der Waals surface area contributed by atoms with E-state index in [4.69, 9.17) is 0 Å². The fourth-order valence-electron chi connectivity index (χ4n) is 3.00. The quantitative estimate of drug-likeness (QED) is 0.838. The number of thiophene rings is 1. The van der Waals surface area contributed by atoms with Crippen LogP contribution in [0.1, 0.15) is 37.0 Å². The summed E-state index contributed by atoms with van der Waals surface area (Å²) >= 11 is 5.18. The van der Waals surface area contributed by atoms with Crippen molar-refractivity contribution in [2.45, 2.75) is 42.3 Å². The number of sulfone groups is 1. The number of hydrogen-bond donors (Lipinski definition) is 1. The second kappa shape index (κ2) is 5.06. The van der Waals surface area contributed by atoms with Crippen molar-refractivity contribution in [2.75, 3.05) is 12.8 Å². The molecule has 2 aliphatic rings. The van der Waals surface area contributed by atoms with Crippen LogP contribution in [-0.2, 0) is 20.0 Å². The van der Waals surface area contributed by atoms with Crippen LogP contribution in [0.3, 0.4) is 0 Å². The van der Waals surface area contributed by atoms with Crippen molar-refractivity contribution in [2.24, 2.45) is 0 Å². The molecule has 1 amide bonds. The molecule has 1 aromatic heterocycles. The molecule has 2 saturated carbocycles. The highest BCUT2D eigenvalue weighted by Crippen LogP contribution is 2.47. The average Bonchev–Trinajstić information content (AvgIpc) is 3.06. The Morgan fingerprint density at radius 3 is 2.38 bits per heavy atom. The van der Waals surface area contributed by atoms with Crippen molar-refractivity contribution in [3.8, 4) is 0 Å². The van der Waals surface area contributed by atoms with Crippen molar-refractivity contribution in [1.29, 1.82) is 0 Å². The van der Waals surface area contributed by atoms with Crippen molar-refractivity contribution < 1.29 is 13.2 Å². The Bertz CT molecular complexity index is 672. The van der Waals surface area contributed by atoms with Crippen LogP contribution in [-0.4, -0.2) is 31.9 Å². The number of nitrogens with one attached hydrogen (secondary N) is 1. The predicted octanol–water partition coefficient (Wildman–Crippen LogP) is 2.63. The van der Waals surface area contributed by atoms with E-state index in [1.54, 1.807) is 11.3 Å².